The van der Waals surface area contributed by atoms with E-state index in [0.29, 0.717) is 5.88 Å². The lowest BCUT2D eigenvalue weighted by Gasteiger charge is -2.24. The Hall–Kier alpha value is -1.36. The summed E-state index contributed by atoms with van der Waals surface area (Å²) in [4.78, 5) is 8.86. The summed E-state index contributed by atoms with van der Waals surface area (Å²) < 4.78 is 11.4. The van der Waals surface area contributed by atoms with Crippen molar-refractivity contribution in [3.05, 3.63) is 11.4 Å². The Morgan fingerprint density at radius 3 is 2.68 bits per heavy atom. The molecule has 2 heterocycles. The Balaban J connectivity index is 2.11. The summed E-state index contributed by atoms with van der Waals surface area (Å²) in [7, 11) is 0. The van der Waals surface area contributed by atoms with Crippen molar-refractivity contribution >= 4 is 5.82 Å². The van der Waals surface area contributed by atoms with Gasteiger partial charge in [0.2, 0.25) is 5.88 Å². The molecule has 0 bridgehead atoms. The second kappa shape index (κ2) is 6.70. The third-order valence-electron chi connectivity index (χ3n) is 3.20. The van der Waals surface area contributed by atoms with Gasteiger partial charge in [0.15, 0.2) is 0 Å². The average molecular weight is 265 g/mol. The summed E-state index contributed by atoms with van der Waals surface area (Å²) in [5.41, 5.74) is 0.991. The van der Waals surface area contributed by atoms with Gasteiger partial charge in [0.05, 0.1) is 18.8 Å². The van der Waals surface area contributed by atoms with Crippen molar-refractivity contribution in [3.63, 3.8) is 0 Å². The van der Waals surface area contributed by atoms with Crippen molar-refractivity contribution < 1.29 is 9.47 Å². The maximum Gasteiger partial charge on any atom is 0.222 e. The molecule has 1 aliphatic rings. The molecule has 5 nitrogen and oxygen atoms in total. The van der Waals surface area contributed by atoms with Gasteiger partial charge in [-0.25, -0.2) is 4.98 Å². The van der Waals surface area contributed by atoms with E-state index >= 15 is 0 Å². The first kappa shape index (κ1) is 14.1. The van der Waals surface area contributed by atoms with Gasteiger partial charge in [-0.15, -0.1) is 0 Å². The number of aromatic nitrogens is 2. The molecule has 1 aliphatic heterocycles. The van der Waals surface area contributed by atoms with Gasteiger partial charge in [0, 0.05) is 19.4 Å². The molecule has 1 N–H and O–H groups in total. The Labute approximate surface area is 114 Å². The summed E-state index contributed by atoms with van der Waals surface area (Å²) in [6, 6.07) is 0. The molecular weight excluding hydrogens is 242 g/mol. The zero-order chi connectivity index (χ0) is 13.7. The van der Waals surface area contributed by atoms with Crippen molar-refractivity contribution in [2.24, 2.45) is 0 Å². The van der Waals surface area contributed by atoms with E-state index in [9.17, 15) is 0 Å². The Bertz CT molecular complexity index is 417. The molecule has 1 aromatic rings. The van der Waals surface area contributed by atoms with Crippen LogP contribution in [-0.2, 0) is 4.74 Å². The molecule has 0 saturated carbocycles. The molecular formula is C14H23N3O2. The van der Waals surface area contributed by atoms with E-state index in [1.165, 1.54) is 0 Å². The van der Waals surface area contributed by atoms with Crippen LogP contribution in [0.25, 0.3) is 0 Å². The quantitative estimate of drug-likeness (QED) is 0.886. The van der Waals surface area contributed by atoms with Gasteiger partial charge in [-0.3, -0.25) is 0 Å². The van der Waals surface area contributed by atoms with Crippen LogP contribution in [0.4, 0.5) is 5.82 Å². The predicted molar refractivity (Wildman–Crippen MR) is 74.8 cm³/mol. The first-order valence-corrected chi connectivity index (χ1v) is 7.04. The number of hydrogen-bond acceptors (Lipinski definition) is 5. The minimum atomic E-state index is 0.209. The summed E-state index contributed by atoms with van der Waals surface area (Å²) in [5, 5.41) is 3.33. The molecule has 1 fully saturated rings. The molecule has 1 aromatic heterocycles. The number of aryl methyl sites for hydroxylation is 1. The van der Waals surface area contributed by atoms with Crippen molar-refractivity contribution in [1.82, 2.24) is 9.97 Å². The zero-order valence-corrected chi connectivity index (χ0v) is 12.0. The van der Waals surface area contributed by atoms with Crippen LogP contribution in [0.5, 0.6) is 5.88 Å². The molecule has 0 radical (unpaired) electrons. The molecule has 19 heavy (non-hydrogen) atoms. The van der Waals surface area contributed by atoms with E-state index in [0.717, 1.165) is 56.2 Å². The first-order valence-electron chi connectivity index (χ1n) is 7.04. The molecule has 0 atom stereocenters. The third kappa shape index (κ3) is 3.80. The fourth-order valence-corrected chi connectivity index (χ4v) is 2.08. The minimum Gasteiger partial charge on any atom is -0.474 e. The minimum absolute atomic E-state index is 0.209. The summed E-state index contributed by atoms with van der Waals surface area (Å²) in [6.45, 7) is 8.49. The Morgan fingerprint density at radius 2 is 2.00 bits per heavy atom. The SMILES string of the molecule is CCCNc1nc(C)nc(OC2CCOCC2)c1C. The maximum absolute atomic E-state index is 6.02. The smallest absolute Gasteiger partial charge is 0.222 e. The largest absolute Gasteiger partial charge is 0.474 e. The van der Waals surface area contributed by atoms with Gasteiger partial charge < -0.3 is 14.8 Å². The van der Waals surface area contributed by atoms with E-state index in [1.807, 2.05) is 13.8 Å². The topological polar surface area (TPSA) is 56.3 Å². The van der Waals surface area contributed by atoms with Crippen LogP contribution >= 0.6 is 0 Å². The number of ether oxygens (including phenoxy) is 2. The van der Waals surface area contributed by atoms with Gasteiger partial charge in [-0.1, -0.05) is 6.92 Å². The highest BCUT2D eigenvalue weighted by atomic mass is 16.5. The third-order valence-corrected chi connectivity index (χ3v) is 3.20. The highest BCUT2D eigenvalue weighted by molar-refractivity contribution is 5.48. The monoisotopic (exact) mass is 265 g/mol. The van der Waals surface area contributed by atoms with Gasteiger partial charge >= 0.3 is 0 Å². The Morgan fingerprint density at radius 1 is 1.26 bits per heavy atom. The predicted octanol–water partition coefficient (Wildman–Crippen LogP) is 2.47. The maximum atomic E-state index is 6.02. The van der Waals surface area contributed by atoms with Crippen molar-refractivity contribution in [2.45, 2.75) is 46.1 Å². The number of rotatable bonds is 5. The molecule has 0 amide bonds. The molecule has 0 unspecified atom stereocenters. The number of anilines is 1. The average Bonchev–Trinajstić information content (AvgIpc) is 2.42. The van der Waals surface area contributed by atoms with E-state index in [-0.39, 0.29) is 6.10 Å². The van der Waals surface area contributed by atoms with Crippen LogP contribution in [0, 0.1) is 13.8 Å². The summed E-state index contributed by atoms with van der Waals surface area (Å²) >= 11 is 0. The van der Waals surface area contributed by atoms with Gasteiger partial charge in [0.25, 0.3) is 0 Å². The van der Waals surface area contributed by atoms with Crippen LogP contribution in [0.1, 0.15) is 37.6 Å². The lowest BCUT2D eigenvalue weighted by Crippen LogP contribution is -2.26. The molecule has 0 aliphatic carbocycles. The van der Waals surface area contributed by atoms with Crippen LogP contribution in [0.3, 0.4) is 0 Å². The van der Waals surface area contributed by atoms with Crippen LogP contribution in [0.2, 0.25) is 0 Å². The molecule has 0 aromatic carbocycles. The van der Waals surface area contributed by atoms with E-state index < -0.39 is 0 Å². The lowest BCUT2D eigenvalue weighted by molar-refractivity contribution is 0.0233. The van der Waals surface area contributed by atoms with E-state index in [2.05, 4.69) is 22.2 Å². The molecule has 1 saturated heterocycles. The van der Waals surface area contributed by atoms with Crippen LogP contribution in [-0.4, -0.2) is 35.8 Å². The second-order valence-electron chi connectivity index (χ2n) is 4.91. The molecule has 0 spiro atoms. The Kier molecular flexibility index (Phi) is 4.96. The van der Waals surface area contributed by atoms with E-state index in [4.69, 9.17) is 9.47 Å². The zero-order valence-electron chi connectivity index (χ0n) is 12.0. The second-order valence-corrected chi connectivity index (χ2v) is 4.91. The number of nitrogens with one attached hydrogen (secondary N) is 1. The number of nitrogens with zero attached hydrogens (tertiary/aromatic N) is 2. The normalized spacial score (nSPS) is 16.4. The highest BCUT2D eigenvalue weighted by Gasteiger charge is 2.18. The standard InChI is InChI=1S/C14H23N3O2/c1-4-7-15-13-10(2)14(17-11(3)16-13)19-12-5-8-18-9-6-12/h12H,4-9H2,1-3H3,(H,15,16,17). The lowest BCUT2D eigenvalue weighted by atomic mass is 10.1. The molecule has 2 rings (SSSR count). The van der Waals surface area contributed by atoms with Crippen LogP contribution < -0.4 is 10.1 Å². The fraction of sp³-hybridized carbons (Fsp3) is 0.714. The van der Waals surface area contributed by atoms with E-state index in [1.54, 1.807) is 0 Å². The summed E-state index contributed by atoms with van der Waals surface area (Å²) in [6.07, 6.45) is 3.14. The van der Waals surface area contributed by atoms with Gasteiger partial charge in [0.1, 0.15) is 17.7 Å². The number of hydrogen-bond donors (Lipinski definition) is 1. The van der Waals surface area contributed by atoms with Crippen molar-refractivity contribution in [2.75, 3.05) is 25.1 Å². The van der Waals surface area contributed by atoms with Gasteiger partial charge in [-0.2, -0.15) is 4.98 Å². The first-order chi connectivity index (χ1) is 9.20. The fourth-order valence-electron chi connectivity index (χ4n) is 2.08. The molecule has 106 valence electrons. The van der Waals surface area contributed by atoms with Crippen molar-refractivity contribution in [3.8, 4) is 5.88 Å². The van der Waals surface area contributed by atoms with Crippen molar-refractivity contribution in [1.29, 1.82) is 0 Å². The van der Waals surface area contributed by atoms with Crippen LogP contribution in [0.15, 0.2) is 0 Å². The molecule has 5 heteroatoms. The summed E-state index contributed by atoms with van der Waals surface area (Å²) in [5.74, 6) is 2.33. The van der Waals surface area contributed by atoms with Gasteiger partial charge in [-0.05, 0) is 20.3 Å². The highest BCUT2D eigenvalue weighted by Crippen LogP contribution is 2.24.